The second kappa shape index (κ2) is 5.97. The van der Waals surface area contributed by atoms with Crippen LogP contribution >= 0.6 is 0 Å². The van der Waals surface area contributed by atoms with Gasteiger partial charge in [0, 0.05) is 17.0 Å². The van der Waals surface area contributed by atoms with Crippen molar-refractivity contribution in [1.82, 2.24) is 0 Å². The van der Waals surface area contributed by atoms with Crippen LogP contribution in [0.25, 0.3) is 0 Å². The Kier molecular flexibility index (Phi) is 4.10. The molecule has 2 heteroatoms. The van der Waals surface area contributed by atoms with E-state index in [0.29, 0.717) is 0 Å². The Morgan fingerprint density at radius 2 is 1.84 bits per heavy atom. The van der Waals surface area contributed by atoms with Crippen molar-refractivity contribution in [3.63, 3.8) is 0 Å². The minimum Gasteiger partial charge on any atom is -0.508 e. The molecule has 2 nitrogen and oxygen atoms in total. The molecular weight excluding hydrogens is 236 g/mol. The van der Waals surface area contributed by atoms with Crippen molar-refractivity contribution in [2.24, 2.45) is 0 Å². The summed E-state index contributed by atoms with van der Waals surface area (Å²) in [7, 11) is 1.61. The summed E-state index contributed by atoms with van der Waals surface area (Å²) in [6.45, 7) is 1.96. The zero-order valence-corrected chi connectivity index (χ0v) is 11.1. The average molecular weight is 252 g/mol. The number of phenols is 1. The minimum absolute atomic E-state index is 0.0599. The highest BCUT2D eigenvalue weighted by Gasteiger charge is 2.09. The molecule has 0 bridgehead atoms. The van der Waals surface area contributed by atoms with Crippen LogP contribution in [0.2, 0.25) is 0 Å². The molecule has 0 heterocycles. The number of methoxy groups -OCH3 is 1. The highest BCUT2D eigenvalue weighted by Crippen LogP contribution is 2.29. The van der Waals surface area contributed by atoms with E-state index in [-0.39, 0.29) is 11.7 Å². The third kappa shape index (κ3) is 3.29. The highest BCUT2D eigenvalue weighted by molar-refractivity contribution is 5.45. The van der Waals surface area contributed by atoms with Crippen LogP contribution in [0, 0.1) is 11.8 Å². The lowest BCUT2D eigenvalue weighted by Crippen LogP contribution is -1.92. The molecule has 1 N–H and O–H groups in total. The quantitative estimate of drug-likeness (QED) is 0.828. The fraction of sp³-hybridized carbons (Fsp3) is 0.176. The van der Waals surface area contributed by atoms with Crippen LogP contribution in [0.4, 0.5) is 0 Å². The Morgan fingerprint density at radius 1 is 1.11 bits per heavy atom. The molecule has 0 aliphatic rings. The van der Waals surface area contributed by atoms with Gasteiger partial charge in [-0.15, -0.1) is 0 Å². The summed E-state index contributed by atoms with van der Waals surface area (Å²) in [6.07, 6.45) is 0. The van der Waals surface area contributed by atoms with Crippen molar-refractivity contribution < 1.29 is 9.84 Å². The molecule has 0 saturated carbocycles. The fourth-order valence-corrected chi connectivity index (χ4v) is 1.80. The molecule has 0 aliphatic heterocycles. The van der Waals surface area contributed by atoms with E-state index in [2.05, 4.69) is 11.8 Å². The van der Waals surface area contributed by atoms with E-state index in [9.17, 15) is 5.11 Å². The first-order chi connectivity index (χ1) is 9.20. The first kappa shape index (κ1) is 13.0. The monoisotopic (exact) mass is 252 g/mol. The Labute approximate surface area is 113 Å². The molecule has 0 saturated heterocycles. The maximum atomic E-state index is 9.87. The van der Waals surface area contributed by atoms with Gasteiger partial charge in [0.05, 0.1) is 7.11 Å². The SMILES string of the molecule is COc1ccc(O)c(C(C)C#Cc2ccccc2)c1. The van der Waals surface area contributed by atoms with Crippen molar-refractivity contribution >= 4 is 0 Å². The van der Waals surface area contributed by atoms with Crippen LogP contribution in [0.1, 0.15) is 24.0 Å². The summed E-state index contributed by atoms with van der Waals surface area (Å²) >= 11 is 0. The lowest BCUT2D eigenvalue weighted by atomic mass is 10.00. The number of benzene rings is 2. The van der Waals surface area contributed by atoms with Crippen LogP contribution < -0.4 is 4.74 Å². The molecule has 0 aliphatic carbocycles. The Bertz CT molecular complexity index is 606. The number of rotatable bonds is 2. The molecule has 1 unspecified atom stereocenters. The first-order valence-electron chi connectivity index (χ1n) is 6.14. The van der Waals surface area contributed by atoms with Gasteiger partial charge in [-0.05, 0) is 37.3 Å². The second-order valence-electron chi connectivity index (χ2n) is 4.28. The maximum Gasteiger partial charge on any atom is 0.120 e. The zero-order valence-electron chi connectivity index (χ0n) is 11.1. The molecule has 0 amide bonds. The van der Waals surface area contributed by atoms with E-state index < -0.39 is 0 Å². The molecule has 0 fully saturated rings. The molecule has 0 radical (unpaired) electrons. The summed E-state index contributed by atoms with van der Waals surface area (Å²) in [5, 5.41) is 9.87. The summed E-state index contributed by atoms with van der Waals surface area (Å²) in [5.41, 5.74) is 1.75. The predicted molar refractivity (Wildman–Crippen MR) is 76.4 cm³/mol. The van der Waals surface area contributed by atoms with Crippen LogP contribution in [-0.2, 0) is 0 Å². The third-order valence-electron chi connectivity index (χ3n) is 2.91. The molecule has 19 heavy (non-hydrogen) atoms. The van der Waals surface area contributed by atoms with Gasteiger partial charge in [0.15, 0.2) is 0 Å². The van der Waals surface area contributed by atoms with Gasteiger partial charge in [-0.25, -0.2) is 0 Å². The molecule has 2 rings (SSSR count). The van der Waals surface area contributed by atoms with Crippen molar-refractivity contribution in [3.05, 3.63) is 59.7 Å². The van der Waals surface area contributed by atoms with Crippen molar-refractivity contribution in [3.8, 4) is 23.3 Å². The summed E-state index contributed by atoms with van der Waals surface area (Å²) < 4.78 is 5.16. The van der Waals surface area contributed by atoms with Gasteiger partial charge < -0.3 is 9.84 Å². The van der Waals surface area contributed by atoms with Gasteiger partial charge in [-0.2, -0.15) is 0 Å². The van der Waals surface area contributed by atoms with E-state index in [4.69, 9.17) is 4.74 Å². The normalized spacial score (nSPS) is 11.3. The first-order valence-corrected chi connectivity index (χ1v) is 6.14. The van der Waals surface area contributed by atoms with Crippen LogP contribution in [0.5, 0.6) is 11.5 Å². The molecular formula is C17H16O2. The van der Waals surface area contributed by atoms with E-state index in [1.54, 1.807) is 19.2 Å². The second-order valence-corrected chi connectivity index (χ2v) is 4.28. The predicted octanol–water partition coefficient (Wildman–Crippen LogP) is 3.56. The van der Waals surface area contributed by atoms with E-state index in [1.807, 2.05) is 43.3 Å². The smallest absolute Gasteiger partial charge is 0.120 e. The Hall–Kier alpha value is -2.40. The van der Waals surface area contributed by atoms with Gasteiger partial charge in [0.1, 0.15) is 11.5 Å². The van der Waals surface area contributed by atoms with Crippen molar-refractivity contribution in [1.29, 1.82) is 0 Å². The average Bonchev–Trinajstić information content (AvgIpc) is 2.46. The standard InChI is InChI=1S/C17H16O2/c1-13(8-9-14-6-4-3-5-7-14)16-12-15(19-2)10-11-17(16)18/h3-7,10-13,18H,1-2H3. The minimum atomic E-state index is -0.0599. The number of hydrogen-bond acceptors (Lipinski definition) is 2. The third-order valence-corrected chi connectivity index (χ3v) is 2.91. The zero-order chi connectivity index (χ0) is 13.7. The Morgan fingerprint density at radius 3 is 2.53 bits per heavy atom. The molecule has 0 spiro atoms. The van der Waals surface area contributed by atoms with E-state index >= 15 is 0 Å². The summed E-state index contributed by atoms with van der Waals surface area (Å²) in [4.78, 5) is 0. The van der Waals surface area contributed by atoms with Gasteiger partial charge in [0.2, 0.25) is 0 Å². The summed E-state index contributed by atoms with van der Waals surface area (Å²) in [6, 6.07) is 15.0. The highest BCUT2D eigenvalue weighted by atomic mass is 16.5. The molecule has 0 aromatic heterocycles. The number of hydrogen-bond donors (Lipinski definition) is 1. The lowest BCUT2D eigenvalue weighted by molar-refractivity contribution is 0.410. The topological polar surface area (TPSA) is 29.5 Å². The van der Waals surface area contributed by atoms with Gasteiger partial charge in [-0.3, -0.25) is 0 Å². The molecule has 2 aromatic carbocycles. The van der Waals surface area contributed by atoms with E-state index in [1.165, 1.54) is 0 Å². The largest absolute Gasteiger partial charge is 0.508 e. The van der Waals surface area contributed by atoms with Gasteiger partial charge in [-0.1, -0.05) is 30.0 Å². The van der Waals surface area contributed by atoms with Crippen LogP contribution in [0.3, 0.4) is 0 Å². The summed E-state index contributed by atoms with van der Waals surface area (Å²) in [5.74, 6) is 7.16. The fourth-order valence-electron chi connectivity index (χ4n) is 1.80. The lowest BCUT2D eigenvalue weighted by Gasteiger charge is -2.09. The number of phenolic OH excluding ortho intramolecular Hbond substituents is 1. The van der Waals surface area contributed by atoms with Crippen LogP contribution in [0.15, 0.2) is 48.5 Å². The van der Waals surface area contributed by atoms with Crippen LogP contribution in [-0.4, -0.2) is 12.2 Å². The Balaban J connectivity index is 2.25. The van der Waals surface area contributed by atoms with Crippen molar-refractivity contribution in [2.75, 3.05) is 7.11 Å². The van der Waals surface area contributed by atoms with Gasteiger partial charge in [0.25, 0.3) is 0 Å². The van der Waals surface area contributed by atoms with Gasteiger partial charge >= 0.3 is 0 Å². The van der Waals surface area contributed by atoms with Crippen molar-refractivity contribution in [2.45, 2.75) is 12.8 Å². The van der Waals surface area contributed by atoms with E-state index in [0.717, 1.165) is 16.9 Å². The number of ether oxygens (including phenoxy) is 1. The molecule has 1 atom stereocenters. The maximum absolute atomic E-state index is 9.87. The molecule has 96 valence electrons. The number of aromatic hydroxyl groups is 1. The molecule has 2 aromatic rings.